The lowest BCUT2D eigenvalue weighted by molar-refractivity contribution is -0.119. The number of carbonyl (C=O) groups is 1. The summed E-state index contributed by atoms with van der Waals surface area (Å²) in [6, 6.07) is 12.3. The smallest absolute Gasteiger partial charge is 0.230 e. The van der Waals surface area contributed by atoms with Crippen LogP contribution < -0.4 is 10.2 Å². The van der Waals surface area contributed by atoms with Gasteiger partial charge in [-0.2, -0.15) is 0 Å². The zero-order chi connectivity index (χ0) is 20.1. The summed E-state index contributed by atoms with van der Waals surface area (Å²) in [6.45, 7) is 3.84. The third kappa shape index (κ3) is 5.39. The van der Waals surface area contributed by atoms with E-state index >= 15 is 0 Å². The minimum Gasteiger partial charge on any atom is -0.356 e. The first-order chi connectivity index (χ1) is 14.2. The number of thiophene rings is 1. The first-order valence-electron chi connectivity index (χ1n) is 9.72. The van der Waals surface area contributed by atoms with Crippen molar-refractivity contribution in [3.63, 3.8) is 0 Å². The Morgan fingerprint density at radius 1 is 1.31 bits per heavy atom. The molecule has 1 aliphatic heterocycles. The monoisotopic (exact) mass is 428 g/mol. The van der Waals surface area contributed by atoms with Gasteiger partial charge >= 0.3 is 0 Å². The van der Waals surface area contributed by atoms with Crippen molar-refractivity contribution in [2.24, 2.45) is 0 Å². The molecule has 0 unspecified atom stereocenters. The van der Waals surface area contributed by atoms with Gasteiger partial charge in [0.05, 0.1) is 16.3 Å². The standard InChI is InChI=1S/C21H24N4O2S2/c1-15-4-2-6-20(22-15)25-9-7-16(8-10-25)23-21(26)14-28-13-17-12-18(27-24-17)19-5-3-11-29-19/h2-6,11-12,16H,7-10,13-14H2,1H3,(H,23,26). The minimum atomic E-state index is 0.0871. The van der Waals surface area contributed by atoms with E-state index in [2.05, 4.69) is 26.4 Å². The van der Waals surface area contributed by atoms with Crippen LogP contribution in [0.3, 0.4) is 0 Å². The van der Waals surface area contributed by atoms with Gasteiger partial charge in [0, 0.05) is 36.6 Å². The summed E-state index contributed by atoms with van der Waals surface area (Å²) in [5.74, 6) is 3.00. The molecule has 3 aromatic heterocycles. The molecular weight excluding hydrogens is 404 g/mol. The summed E-state index contributed by atoms with van der Waals surface area (Å²) in [7, 11) is 0. The molecule has 152 valence electrons. The SMILES string of the molecule is Cc1cccc(N2CCC(NC(=O)CSCc3cc(-c4cccs4)on3)CC2)n1. The summed E-state index contributed by atoms with van der Waals surface area (Å²) >= 11 is 3.19. The van der Waals surface area contributed by atoms with Gasteiger partial charge < -0.3 is 14.7 Å². The van der Waals surface area contributed by atoms with Gasteiger partial charge in [-0.05, 0) is 43.3 Å². The van der Waals surface area contributed by atoms with E-state index < -0.39 is 0 Å². The predicted octanol–water partition coefficient (Wildman–Crippen LogP) is 4.12. The highest BCUT2D eigenvalue weighted by atomic mass is 32.2. The lowest BCUT2D eigenvalue weighted by Crippen LogP contribution is -2.45. The molecule has 1 aliphatic rings. The average Bonchev–Trinajstić information content (AvgIpc) is 3.40. The van der Waals surface area contributed by atoms with Crippen molar-refractivity contribution in [2.75, 3.05) is 23.7 Å². The van der Waals surface area contributed by atoms with Gasteiger partial charge in [0.15, 0.2) is 5.76 Å². The van der Waals surface area contributed by atoms with E-state index in [-0.39, 0.29) is 11.9 Å². The number of anilines is 1. The molecule has 0 bridgehead atoms. The highest BCUT2D eigenvalue weighted by molar-refractivity contribution is 7.99. The number of rotatable bonds is 7. The lowest BCUT2D eigenvalue weighted by Gasteiger charge is -2.33. The summed E-state index contributed by atoms with van der Waals surface area (Å²) in [6.07, 6.45) is 1.89. The molecule has 3 aromatic rings. The molecule has 8 heteroatoms. The fourth-order valence-corrected chi connectivity index (χ4v) is 4.78. The number of carbonyl (C=O) groups excluding carboxylic acids is 1. The third-order valence-corrected chi connectivity index (χ3v) is 6.71. The predicted molar refractivity (Wildman–Crippen MR) is 118 cm³/mol. The van der Waals surface area contributed by atoms with E-state index in [1.165, 1.54) is 0 Å². The molecule has 1 fully saturated rings. The first-order valence-corrected chi connectivity index (χ1v) is 11.8. The average molecular weight is 429 g/mol. The van der Waals surface area contributed by atoms with Crippen LogP contribution in [0.5, 0.6) is 0 Å². The van der Waals surface area contributed by atoms with Crippen LogP contribution in [0, 0.1) is 6.92 Å². The minimum absolute atomic E-state index is 0.0871. The van der Waals surface area contributed by atoms with Gasteiger partial charge in [0.2, 0.25) is 5.91 Å². The Hall–Kier alpha value is -2.32. The quantitative estimate of drug-likeness (QED) is 0.610. The van der Waals surface area contributed by atoms with Crippen molar-refractivity contribution < 1.29 is 9.32 Å². The Labute approximate surface area is 178 Å². The van der Waals surface area contributed by atoms with Crippen LogP contribution in [0.15, 0.2) is 46.3 Å². The molecule has 1 amide bonds. The zero-order valence-electron chi connectivity index (χ0n) is 16.3. The maximum absolute atomic E-state index is 12.3. The molecule has 0 radical (unpaired) electrons. The highest BCUT2D eigenvalue weighted by Gasteiger charge is 2.21. The highest BCUT2D eigenvalue weighted by Crippen LogP contribution is 2.26. The van der Waals surface area contributed by atoms with E-state index in [1.54, 1.807) is 23.1 Å². The lowest BCUT2D eigenvalue weighted by atomic mass is 10.1. The van der Waals surface area contributed by atoms with Gasteiger partial charge in [0.25, 0.3) is 0 Å². The largest absolute Gasteiger partial charge is 0.356 e. The molecule has 0 aliphatic carbocycles. The zero-order valence-corrected chi connectivity index (χ0v) is 18.0. The Morgan fingerprint density at radius 3 is 2.93 bits per heavy atom. The number of nitrogens with zero attached hydrogens (tertiary/aromatic N) is 3. The number of hydrogen-bond donors (Lipinski definition) is 1. The normalized spacial score (nSPS) is 14.9. The molecule has 1 N–H and O–H groups in total. The number of pyridine rings is 1. The third-order valence-electron chi connectivity index (χ3n) is 4.86. The van der Waals surface area contributed by atoms with E-state index in [0.717, 1.165) is 53.8 Å². The molecule has 0 saturated carbocycles. The van der Waals surface area contributed by atoms with Crippen molar-refractivity contribution in [3.8, 4) is 10.6 Å². The van der Waals surface area contributed by atoms with Crippen LogP contribution in [0.1, 0.15) is 24.2 Å². The number of piperidine rings is 1. The number of thioether (sulfide) groups is 1. The number of nitrogens with one attached hydrogen (secondary N) is 1. The molecule has 6 nitrogen and oxygen atoms in total. The number of aromatic nitrogens is 2. The number of amides is 1. The van der Waals surface area contributed by atoms with Gasteiger partial charge in [-0.3, -0.25) is 4.79 Å². The van der Waals surface area contributed by atoms with Crippen LogP contribution in [-0.4, -0.2) is 40.9 Å². The van der Waals surface area contributed by atoms with Crippen LogP contribution in [-0.2, 0) is 10.5 Å². The topological polar surface area (TPSA) is 71.3 Å². The Balaban J connectivity index is 1.17. The van der Waals surface area contributed by atoms with Crippen LogP contribution >= 0.6 is 23.1 Å². The van der Waals surface area contributed by atoms with Crippen molar-refractivity contribution >= 4 is 34.8 Å². The van der Waals surface area contributed by atoms with E-state index in [9.17, 15) is 4.79 Å². The maximum Gasteiger partial charge on any atom is 0.230 e. The van der Waals surface area contributed by atoms with E-state index in [0.29, 0.717) is 11.5 Å². The van der Waals surface area contributed by atoms with E-state index in [4.69, 9.17) is 4.52 Å². The summed E-state index contributed by atoms with van der Waals surface area (Å²) in [4.78, 5) is 20.2. The molecular formula is C21H24N4O2S2. The van der Waals surface area contributed by atoms with Crippen LogP contribution in [0.4, 0.5) is 5.82 Å². The molecule has 0 aromatic carbocycles. The first kappa shape index (κ1) is 20.0. The molecule has 4 rings (SSSR count). The van der Waals surface area contributed by atoms with Gasteiger partial charge in [-0.1, -0.05) is 17.3 Å². The maximum atomic E-state index is 12.3. The van der Waals surface area contributed by atoms with Gasteiger partial charge in [0.1, 0.15) is 5.82 Å². The van der Waals surface area contributed by atoms with Gasteiger partial charge in [-0.25, -0.2) is 4.98 Å². The fourth-order valence-electron chi connectivity index (χ4n) is 3.39. The van der Waals surface area contributed by atoms with Crippen molar-refractivity contribution in [1.29, 1.82) is 0 Å². The fraction of sp³-hybridized carbons (Fsp3) is 0.381. The van der Waals surface area contributed by atoms with Crippen molar-refractivity contribution in [3.05, 3.63) is 53.2 Å². The van der Waals surface area contributed by atoms with Crippen LogP contribution in [0.2, 0.25) is 0 Å². The number of hydrogen-bond acceptors (Lipinski definition) is 7. The Morgan fingerprint density at radius 2 is 2.17 bits per heavy atom. The second kappa shape index (κ2) is 9.45. The molecule has 29 heavy (non-hydrogen) atoms. The summed E-state index contributed by atoms with van der Waals surface area (Å²) < 4.78 is 5.38. The molecule has 1 saturated heterocycles. The Kier molecular flexibility index (Phi) is 6.51. The molecule has 0 atom stereocenters. The van der Waals surface area contributed by atoms with Crippen LogP contribution in [0.25, 0.3) is 10.6 Å². The van der Waals surface area contributed by atoms with E-state index in [1.807, 2.05) is 42.6 Å². The van der Waals surface area contributed by atoms with Crippen molar-refractivity contribution in [2.45, 2.75) is 31.6 Å². The Bertz CT molecular complexity index is 934. The summed E-state index contributed by atoms with van der Waals surface area (Å²) in [5, 5.41) is 9.28. The van der Waals surface area contributed by atoms with Gasteiger partial charge in [-0.15, -0.1) is 23.1 Å². The number of aryl methyl sites for hydroxylation is 1. The van der Waals surface area contributed by atoms with Crippen molar-refractivity contribution in [1.82, 2.24) is 15.5 Å². The second-order valence-electron chi connectivity index (χ2n) is 7.12. The summed E-state index contributed by atoms with van der Waals surface area (Å²) in [5.41, 5.74) is 1.90. The second-order valence-corrected chi connectivity index (χ2v) is 9.05. The molecule has 0 spiro atoms. The molecule has 4 heterocycles.